The number of rotatable bonds is 5. The third kappa shape index (κ3) is 5.02. The Bertz CT molecular complexity index is 930. The van der Waals surface area contributed by atoms with Gasteiger partial charge in [0.25, 0.3) is 0 Å². The number of benzene rings is 1. The maximum absolute atomic E-state index is 12.6. The average Bonchev–Trinajstić information content (AvgIpc) is 3.10. The summed E-state index contributed by atoms with van der Waals surface area (Å²) in [6.45, 7) is 0.785. The molecule has 2 heterocycles. The second-order valence-electron chi connectivity index (χ2n) is 6.98. The van der Waals surface area contributed by atoms with E-state index in [1.54, 1.807) is 7.05 Å². The molecule has 160 valence electrons. The van der Waals surface area contributed by atoms with Gasteiger partial charge >= 0.3 is 15.5 Å². The third-order valence-corrected chi connectivity index (χ3v) is 6.65. The van der Waals surface area contributed by atoms with E-state index in [1.807, 2.05) is 30.3 Å². The zero-order valence-corrected chi connectivity index (χ0v) is 16.8. The Labute approximate surface area is 167 Å². The zero-order valence-electron chi connectivity index (χ0n) is 16.0. The molecule has 1 aliphatic heterocycles. The van der Waals surface area contributed by atoms with Crippen LogP contribution in [0.25, 0.3) is 10.9 Å². The highest BCUT2D eigenvalue weighted by Crippen LogP contribution is 2.30. The molecule has 0 amide bonds. The second-order valence-corrected chi connectivity index (χ2v) is 8.91. The number of fused-ring (bicyclic) bond motifs is 1. The number of H-pyrrole nitrogens is 1. The Morgan fingerprint density at radius 3 is 2.55 bits per heavy atom. The van der Waals surface area contributed by atoms with Gasteiger partial charge in [-0.2, -0.15) is 17.5 Å². The van der Waals surface area contributed by atoms with Crippen molar-refractivity contribution in [2.24, 2.45) is 10.9 Å². The molecule has 7 nitrogen and oxygen atoms in total. The summed E-state index contributed by atoms with van der Waals surface area (Å²) < 4.78 is 61.4. The quantitative estimate of drug-likeness (QED) is 0.501. The molecule has 11 heteroatoms. The van der Waals surface area contributed by atoms with Crippen molar-refractivity contribution in [3.63, 3.8) is 0 Å². The molecule has 0 spiro atoms. The third-order valence-electron chi connectivity index (χ3n) is 5.02. The first-order valence-corrected chi connectivity index (χ1v) is 10.7. The van der Waals surface area contributed by atoms with Crippen LogP contribution in [0.4, 0.5) is 13.2 Å². The number of alkyl halides is 3. The second kappa shape index (κ2) is 8.62. The highest BCUT2D eigenvalue weighted by molar-refractivity contribution is 7.90. The van der Waals surface area contributed by atoms with Crippen molar-refractivity contribution in [2.75, 3.05) is 26.7 Å². The fourth-order valence-electron chi connectivity index (χ4n) is 3.37. The molecule has 2 aromatic rings. The van der Waals surface area contributed by atoms with E-state index < -0.39 is 15.5 Å². The molecule has 1 aromatic heterocycles. The molecule has 0 saturated carbocycles. The first-order valence-electron chi connectivity index (χ1n) is 9.28. The van der Waals surface area contributed by atoms with Crippen molar-refractivity contribution in [1.29, 1.82) is 0 Å². The van der Waals surface area contributed by atoms with Crippen LogP contribution in [0.3, 0.4) is 0 Å². The SMILES string of the molecule is CN=C(NCc1cc2ccccc2[nH]1)NCC1CCN(S(=O)(=O)C(F)(F)F)CC1. The lowest BCUT2D eigenvalue weighted by Gasteiger charge is -2.31. The summed E-state index contributed by atoms with van der Waals surface area (Å²) in [5, 5.41) is 7.47. The first kappa shape index (κ1) is 21.4. The molecule has 0 atom stereocenters. The van der Waals surface area contributed by atoms with Gasteiger partial charge in [-0.1, -0.05) is 18.2 Å². The van der Waals surface area contributed by atoms with Gasteiger partial charge in [-0.3, -0.25) is 4.99 Å². The first-order chi connectivity index (χ1) is 13.7. The number of aromatic nitrogens is 1. The molecule has 0 radical (unpaired) electrons. The van der Waals surface area contributed by atoms with E-state index in [4.69, 9.17) is 0 Å². The minimum Gasteiger partial charge on any atom is -0.357 e. The van der Waals surface area contributed by atoms with Gasteiger partial charge in [0.2, 0.25) is 0 Å². The molecule has 0 bridgehead atoms. The number of hydrogen-bond acceptors (Lipinski definition) is 3. The van der Waals surface area contributed by atoms with Crippen LogP contribution in [-0.4, -0.2) is 55.9 Å². The Morgan fingerprint density at radius 1 is 1.24 bits per heavy atom. The van der Waals surface area contributed by atoms with E-state index in [9.17, 15) is 21.6 Å². The number of aliphatic imine (C=N–C) groups is 1. The summed E-state index contributed by atoms with van der Waals surface area (Å²) in [7, 11) is -3.60. The molecule has 1 aromatic carbocycles. The van der Waals surface area contributed by atoms with Gasteiger partial charge < -0.3 is 15.6 Å². The van der Waals surface area contributed by atoms with Crippen molar-refractivity contribution in [1.82, 2.24) is 19.9 Å². The molecule has 1 fully saturated rings. The molecular weight excluding hydrogens is 407 g/mol. The predicted molar refractivity (Wildman–Crippen MR) is 106 cm³/mol. The summed E-state index contributed by atoms with van der Waals surface area (Å²) in [5.74, 6) is 0.648. The van der Waals surface area contributed by atoms with E-state index in [-0.39, 0.29) is 19.0 Å². The van der Waals surface area contributed by atoms with Gasteiger partial charge in [0.1, 0.15) is 0 Å². The zero-order chi connectivity index (χ0) is 21.1. The Kier molecular flexibility index (Phi) is 6.37. The maximum Gasteiger partial charge on any atom is 0.511 e. The van der Waals surface area contributed by atoms with Gasteiger partial charge in [-0.15, -0.1) is 0 Å². The van der Waals surface area contributed by atoms with E-state index >= 15 is 0 Å². The van der Waals surface area contributed by atoms with E-state index in [2.05, 4.69) is 20.6 Å². The molecule has 1 aliphatic rings. The van der Waals surface area contributed by atoms with E-state index in [0.717, 1.165) is 16.6 Å². The Balaban J connectivity index is 1.45. The van der Waals surface area contributed by atoms with Crippen LogP contribution in [0.5, 0.6) is 0 Å². The lowest BCUT2D eigenvalue weighted by Crippen LogP contribution is -2.47. The van der Waals surface area contributed by atoms with Crippen LogP contribution < -0.4 is 10.6 Å². The number of sulfonamides is 1. The van der Waals surface area contributed by atoms with Gasteiger partial charge in [0.15, 0.2) is 5.96 Å². The van der Waals surface area contributed by atoms with Crippen molar-refractivity contribution in [3.8, 4) is 0 Å². The molecule has 0 aliphatic carbocycles. The number of aromatic amines is 1. The molecule has 3 rings (SSSR count). The number of nitrogens with one attached hydrogen (secondary N) is 3. The minimum atomic E-state index is -5.24. The number of halogens is 3. The normalized spacial score (nSPS) is 17.6. The lowest BCUT2D eigenvalue weighted by molar-refractivity contribution is -0.0496. The van der Waals surface area contributed by atoms with Crippen molar-refractivity contribution in [2.45, 2.75) is 24.9 Å². The minimum absolute atomic E-state index is 0.0707. The summed E-state index contributed by atoms with van der Waals surface area (Å²) in [4.78, 5) is 7.47. The highest BCUT2D eigenvalue weighted by atomic mass is 32.2. The highest BCUT2D eigenvalue weighted by Gasteiger charge is 2.50. The van der Waals surface area contributed by atoms with Crippen molar-refractivity contribution >= 4 is 26.9 Å². The summed E-state index contributed by atoms with van der Waals surface area (Å²) in [5.41, 5.74) is -3.19. The maximum atomic E-state index is 12.6. The number of hydrogen-bond donors (Lipinski definition) is 3. The fraction of sp³-hybridized carbons (Fsp3) is 0.500. The molecule has 29 heavy (non-hydrogen) atoms. The summed E-state index contributed by atoms with van der Waals surface area (Å²) in [6.07, 6.45) is 0.725. The van der Waals surface area contributed by atoms with Crippen molar-refractivity contribution in [3.05, 3.63) is 36.0 Å². The van der Waals surface area contributed by atoms with Gasteiger partial charge in [-0.25, -0.2) is 8.42 Å². The van der Waals surface area contributed by atoms with Gasteiger partial charge in [-0.05, 0) is 36.3 Å². The fourth-order valence-corrected chi connectivity index (χ4v) is 4.35. The molecule has 1 saturated heterocycles. The molecular formula is C18H24F3N5O2S. The smallest absolute Gasteiger partial charge is 0.357 e. The largest absolute Gasteiger partial charge is 0.511 e. The van der Waals surface area contributed by atoms with Crippen LogP contribution >= 0.6 is 0 Å². The number of piperidine rings is 1. The van der Waals surface area contributed by atoms with Gasteiger partial charge in [0.05, 0.1) is 6.54 Å². The van der Waals surface area contributed by atoms with Crippen LogP contribution in [0.15, 0.2) is 35.3 Å². The number of guanidine groups is 1. The lowest BCUT2D eigenvalue weighted by atomic mass is 9.98. The number of nitrogens with zero attached hydrogens (tertiary/aromatic N) is 2. The summed E-state index contributed by atoms with van der Waals surface area (Å²) in [6, 6.07) is 10.00. The molecule has 0 unspecified atom stereocenters. The van der Waals surface area contributed by atoms with Crippen LogP contribution in [0.1, 0.15) is 18.5 Å². The number of para-hydroxylation sites is 1. The van der Waals surface area contributed by atoms with Crippen molar-refractivity contribution < 1.29 is 21.6 Å². The van der Waals surface area contributed by atoms with Crippen LogP contribution in [0.2, 0.25) is 0 Å². The average molecular weight is 431 g/mol. The Morgan fingerprint density at radius 2 is 1.93 bits per heavy atom. The van der Waals surface area contributed by atoms with E-state index in [0.29, 0.717) is 36.2 Å². The summed E-state index contributed by atoms with van der Waals surface area (Å²) >= 11 is 0. The molecule has 3 N–H and O–H groups in total. The van der Waals surface area contributed by atoms with E-state index in [1.165, 1.54) is 0 Å². The van der Waals surface area contributed by atoms with Crippen LogP contribution in [0, 0.1) is 5.92 Å². The van der Waals surface area contributed by atoms with Crippen LogP contribution in [-0.2, 0) is 16.6 Å². The van der Waals surface area contributed by atoms with Gasteiger partial charge in [0, 0.05) is 37.9 Å². The predicted octanol–water partition coefficient (Wildman–Crippen LogP) is 2.39. The monoisotopic (exact) mass is 431 g/mol. The topological polar surface area (TPSA) is 89.6 Å². The Hall–Kier alpha value is -2.27. The standard InChI is InChI=1S/C18H24F3N5O2S/c1-22-17(24-12-15-10-14-4-2-3-5-16(14)25-15)23-11-13-6-8-26(9-7-13)29(27,28)18(19,20)21/h2-5,10,13,25H,6-9,11-12H2,1H3,(H2,22,23,24).